The van der Waals surface area contributed by atoms with Crippen LogP contribution in [0, 0.1) is 12.8 Å². The van der Waals surface area contributed by atoms with Gasteiger partial charge in [-0.05, 0) is 43.5 Å². The highest BCUT2D eigenvalue weighted by Gasteiger charge is 2.32. The molecule has 2 N–H and O–H groups in total. The van der Waals surface area contributed by atoms with E-state index in [1.165, 1.54) is 23.5 Å². The third kappa shape index (κ3) is 3.09. The molecule has 1 aromatic rings. The average molecular weight is 312 g/mol. The van der Waals surface area contributed by atoms with E-state index in [0.29, 0.717) is 25.2 Å². The second-order valence-electron chi connectivity index (χ2n) is 5.22. The Labute approximate surface area is 124 Å². The Balaban J connectivity index is 2.35. The first-order valence-corrected chi connectivity index (χ1v) is 8.23. The Bertz CT molecular complexity index is 642. The van der Waals surface area contributed by atoms with Gasteiger partial charge in [0.2, 0.25) is 10.0 Å². The van der Waals surface area contributed by atoms with Crippen LogP contribution >= 0.6 is 0 Å². The molecule has 1 atom stereocenters. The molecular formula is C14H20N2O4S. The van der Waals surface area contributed by atoms with Gasteiger partial charge >= 0.3 is 5.97 Å². The summed E-state index contributed by atoms with van der Waals surface area (Å²) in [4.78, 5) is 11.8. The molecule has 0 amide bonds. The first kappa shape index (κ1) is 15.9. The Morgan fingerprint density at radius 2 is 2.19 bits per heavy atom. The van der Waals surface area contributed by atoms with Crippen molar-refractivity contribution < 1.29 is 17.9 Å². The summed E-state index contributed by atoms with van der Waals surface area (Å²) in [7, 11) is -2.32. The molecule has 1 aliphatic heterocycles. The number of methoxy groups -OCH3 is 1. The summed E-state index contributed by atoms with van der Waals surface area (Å²) in [5.74, 6) is -0.337. The summed E-state index contributed by atoms with van der Waals surface area (Å²) >= 11 is 0. The lowest BCUT2D eigenvalue weighted by Gasteiger charge is -2.17. The average Bonchev–Trinajstić information content (AvgIpc) is 2.96. The smallest absolute Gasteiger partial charge is 0.338 e. The highest BCUT2D eigenvalue weighted by atomic mass is 32.2. The highest BCUT2D eigenvalue weighted by molar-refractivity contribution is 7.89. The van der Waals surface area contributed by atoms with Crippen LogP contribution in [0.3, 0.4) is 0 Å². The van der Waals surface area contributed by atoms with Crippen LogP contribution in [0.5, 0.6) is 0 Å². The Morgan fingerprint density at radius 3 is 2.76 bits per heavy atom. The third-order valence-corrected chi connectivity index (χ3v) is 5.70. The van der Waals surface area contributed by atoms with E-state index in [0.717, 1.165) is 6.42 Å². The van der Waals surface area contributed by atoms with Crippen molar-refractivity contribution in [2.45, 2.75) is 18.2 Å². The van der Waals surface area contributed by atoms with Crippen LogP contribution in [-0.2, 0) is 14.8 Å². The van der Waals surface area contributed by atoms with Crippen molar-refractivity contribution in [2.24, 2.45) is 11.7 Å². The molecule has 1 unspecified atom stereocenters. The molecular weight excluding hydrogens is 292 g/mol. The van der Waals surface area contributed by atoms with Crippen molar-refractivity contribution in [1.29, 1.82) is 0 Å². The van der Waals surface area contributed by atoms with E-state index in [2.05, 4.69) is 4.74 Å². The van der Waals surface area contributed by atoms with Gasteiger partial charge in [-0.3, -0.25) is 0 Å². The van der Waals surface area contributed by atoms with Gasteiger partial charge in [0.1, 0.15) is 0 Å². The number of rotatable bonds is 4. The van der Waals surface area contributed by atoms with Crippen LogP contribution in [-0.4, -0.2) is 45.4 Å². The molecule has 7 heteroatoms. The monoisotopic (exact) mass is 312 g/mol. The number of aryl methyl sites for hydroxylation is 1. The minimum atomic E-state index is -3.59. The molecule has 116 valence electrons. The molecule has 6 nitrogen and oxygen atoms in total. The van der Waals surface area contributed by atoms with E-state index in [-0.39, 0.29) is 16.4 Å². The second kappa shape index (κ2) is 6.13. The van der Waals surface area contributed by atoms with E-state index in [9.17, 15) is 13.2 Å². The van der Waals surface area contributed by atoms with Gasteiger partial charge in [-0.1, -0.05) is 6.07 Å². The topological polar surface area (TPSA) is 89.7 Å². The quantitative estimate of drug-likeness (QED) is 0.829. The molecule has 1 fully saturated rings. The number of hydrogen-bond acceptors (Lipinski definition) is 5. The Hall–Kier alpha value is -1.44. The minimum absolute atomic E-state index is 0.117. The maximum Gasteiger partial charge on any atom is 0.338 e. The van der Waals surface area contributed by atoms with E-state index >= 15 is 0 Å². The maximum absolute atomic E-state index is 12.6. The number of sulfonamides is 1. The lowest BCUT2D eigenvalue weighted by atomic mass is 10.1. The number of carbonyl (C=O) groups is 1. The minimum Gasteiger partial charge on any atom is -0.465 e. The van der Waals surface area contributed by atoms with Gasteiger partial charge in [0.25, 0.3) is 0 Å². The Morgan fingerprint density at radius 1 is 1.48 bits per heavy atom. The molecule has 1 aliphatic rings. The van der Waals surface area contributed by atoms with E-state index in [4.69, 9.17) is 5.73 Å². The first-order valence-electron chi connectivity index (χ1n) is 6.79. The number of benzene rings is 1. The maximum atomic E-state index is 12.6. The molecule has 0 aromatic heterocycles. The normalized spacial score (nSPS) is 19.7. The highest BCUT2D eigenvalue weighted by Crippen LogP contribution is 2.25. The van der Waals surface area contributed by atoms with Gasteiger partial charge in [-0.2, -0.15) is 4.31 Å². The van der Waals surface area contributed by atoms with Crippen molar-refractivity contribution in [1.82, 2.24) is 4.31 Å². The third-order valence-electron chi connectivity index (χ3n) is 3.83. The first-order chi connectivity index (χ1) is 9.90. The van der Waals surface area contributed by atoms with E-state index < -0.39 is 16.0 Å². The van der Waals surface area contributed by atoms with Crippen molar-refractivity contribution in [3.63, 3.8) is 0 Å². The zero-order valence-corrected chi connectivity index (χ0v) is 13.0. The fourth-order valence-corrected chi connectivity index (χ4v) is 4.01. The number of nitrogens with zero attached hydrogens (tertiary/aromatic N) is 1. The molecule has 0 saturated carbocycles. The number of esters is 1. The molecule has 1 heterocycles. The lowest BCUT2D eigenvalue weighted by molar-refractivity contribution is 0.0599. The molecule has 21 heavy (non-hydrogen) atoms. The molecule has 0 spiro atoms. The van der Waals surface area contributed by atoms with Crippen LogP contribution in [0.25, 0.3) is 0 Å². The standard InChI is InChI=1S/C14H20N2O4S/c1-10-3-4-12(7-13(10)14(17)20-2)21(18,19)16-6-5-11(8-15)9-16/h3-4,7,11H,5-6,8-9,15H2,1-2H3. The van der Waals surface area contributed by atoms with Crippen LogP contribution in [0.2, 0.25) is 0 Å². The number of nitrogens with two attached hydrogens (primary N) is 1. The van der Waals surface area contributed by atoms with Gasteiger partial charge in [-0.25, -0.2) is 13.2 Å². The van der Waals surface area contributed by atoms with Gasteiger partial charge < -0.3 is 10.5 Å². The largest absolute Gasteiger partial charge is 0.465 e. The Kier molecular flexibility index (Phi) is 4.65. The summed E-state index contributed by atoms with van der Waals surface area (Å²) in [6.07, 6.45) is 0.769. The predicted octanol–water partition coefficient (Wildman–Crippen LogP) is 0.751. The van der Waals surface area contributed by atoms with Gasteiger partial charge in [0.05, 0.1) is 17.6 Å². The number of ether oxygens (including phenoxy) is 1. The van der Waals surface area contributed by atoms with Crippen LogP contribution in [0.15, 0.2) is 23.1 Å². The lowest BCUT2D eigenvalue weighted by Crippen LogP contribution is -2.30. The predicted molar refractivity (Wildman–Crippen MR) is 78.4 cm³/mol. The van der Waals surface area contributed by atoms with Crippen molar-refractivity contribution in [2.75, 3.05) is 26.7 Å². The van der Waals surface area contributed by atoms with Crippen molar-refractivity contribution >= 4 is 16.0 Å². The van der Waals surface area contributed by atoms with Crippen LogP contribution in [0.4, 0.5) is 0 Å². The summed E-state index contributed by atoms with van der Waals surface area (Å²) in [5.41, 5.74) is 6.55. The number of hydrogen-bond donors (Lipinski definition) is 1. The molecule has 0 bridgehead atoms. The van der Waals surface area contributed by atoms with Gasteiger partial charge in [-0.15, -0.1) is 0 Å². The SMILES string of the molecule is COC(=O)c1cc(S(=O)(=O)N2CCC(CN)C2)ccc1C. The van der Waals surface area contributed by atoms with Crippen molar-refractivity contribution in [3.8, 4) is 0 Å². The molecule has 0 radical (unpaired) electrons. The summed E-state index contributed by atoms with van der Waals surface area (Å²) in [6, 6.07) is 4.52. The van der Waals surface area contributed by atoms with Gasteiger partial charge in [0.15, 0.2) is 0 Å². The zero-order chi connectivity index (χ0) is 15.6. The summed E-state index contributed by atoms with van der Waals surface area (Å²) in [5, 5.41) is 0. The van der Waals surface area contributed by atoms with E-state index in [1.807, 2.05) is 0 Å². The van der Waals surface area contributed by atoms with Crippen LogP contribution in [0.1, 0.15) is 22.3 Å². The molecule has 1 saturated heterocycles. The fraction of sp³-hybridized carbons (Fsp3) is 0.500. The van der Waals surface area contributed by atoms with E-state index in [1.54, 1.807) is 13.0 Å². The van der Waals surface area contributed by atoms with Crippen LogP contribution < -0.4 is 5.73 Å². The fourth-order valence-electron chi connectivity index (χ4n) is 2.45. The summed E-state index contributed by atoms with van der Waals surface area (Å²) < 4.78 is 31.3. The number of carbonyl (C=O) groups excluding carboxylic acids is 1. The zero-order valence-electron chi connectivity index (χ0n) is 12.2. The molecule has 0 aliphatic carbocycles. The second-order valence-corrected chi connectivity index (χ2v) is 7.16. The summed E-state index contributed by atoms with van der Waals surface area (Å²) in [6.45, 7) is 3.11. The van der Waals surface area contributed by atoms with Gasteiger partial charge in [0, 0.05) is 13.1 Å². The molecule has 2 rings (SSSR count). The molecule has 1 aromatic carbocycles. The van der Waals surface area contributed by atoms with Crippen molar-refractivity contribution in [3.05, 3.63) is 29.3 Å².